The summed E-state index contributed by atoms with van der Waals surface area (Å²) in [5.41, 5.74) is 11.2. The number of carbonyl (C=O) groups is 1. The van der Waals surface area contributed by atoms with Gasteiger partial charge in [0.15, 0.2) is 5.96 Å². The molecule has 2 aromatic rings. The van der Waals surface area contributed by atoms with E-state index in [0.717, 1.165) is 6.07 Å². The van der Waals surface area contributed by atoms with Gasteiger partial charge in [0.1, 0.15) is 23.0 Å². The fourth-order valence-electron chi connectivity index (χ4n) is 2.81. The fourth-order valence-corrected chi connectivity index (χ4v) is 2.81. The predicted molar refractivity (Wildman–Crippen MR) is 94.7 cm³/mol. The number of nitrogens with two attached hydrogens (primary N) is 2. The number of ether oxygens (including phenoxy) is 1. The Kier molecular flexibility index (Phi) is 4.23. The minimum absolute atomic E-state index is 0.204. The SMILES string of the molecule is CC1(C)C=C(c2ccc(F)cc2F)c2cc(C(=O)N=C(N)N)ccc2O1. The molecular weight excluding hydrogens is 340 g/mol. The maximum absolute atomic E-state index is 14.4. The molecule has 7 heteroatoms. The molecule has 2 aromatic carbocycles. The predicted octanol–water partition coefficient (Wildman–Crippen LogP) is 2.98. The molecule has 26 heavy (non-hydrogen) atoms. The lowest BCUT2D eigenvalue weighted by molar-refractivity contribution is 0.100. The number of nitrogens with zero attached hydrogens (tertiary/aromatic N) is 1. The van der Waals surface area contributed by atoms with Crippen LogP contribution in [0.15, 0.2) is 47.5 Å². The van der Waals surface area contributed by atoms with E-state index in [1.54, 1.807) is 12.1 Å². The Morgan fingerprint density at radius 3 is 2.46 bits per heavy atom. The zero-order valence-corrected chi connectivity index (χ0v) is 14.2. The first kappa shape index (κ1) is 17.6. The van der Waals surface area contributed by atoms with Crippen molar-refractivity contribution in [1.29, 1.82) is 0 Å². The summed E-state index contributed by atoms with van der Waals surface area (Å²) in [7, 11) is 0. The van der Waals surface area contributed by atoms with E-state index in [0.29, 0.717) is 16.9 Å². The highest BCUT2D eigenvalue weighted by atomic mass is 19.1. The second kappa shape index (κ2) is 6.25. The van der Waals surface area contributed by atoms with E-state index in [4.69, 9.17) is 16.2 Å². The Balaban J connectivity index is 2.18. The Labute approximate surface area is 149 Å². The van der Waals surface area contributed by atoms with Crippen molar-refractivity contribution in [3.63, 3.8) is 0 Å². The summed E-state index contributed by atoms with van der Waals surface area (Å²) in [5, 5.41) is 0. The maximum atomic E-state index is 14.4. The lowest BCUT2D eigenvalue weighted by atomic mass is 9.88. The van der Waals surface area contributed by atoms with Gasteiger partial charge >= 0.3 is 0 Å². The summed E-state index contributed by atoms with van der Waals surface area (Å²) in [6.07, 6.45) is 1.72. The summed E-state index contributed by atoms with van der Waals surface area (Å²) in [5.74, 6) is -1.89. The highest BCUT2D eigenvalue weighted by Gasteiger charge is 2.29. The molecule has 0 aromatic heterocycles. The van der Waals surface area contributed by atoms with E-state index in [1.807, 2.05) is 13.8 Å². The van der Waals surface area contributed by atoms with Crippen LogP contribution in [0.4, 0.5) is 8.78 Å². The summed E-state index contributed by atoms with van der Waals surface area (Å²) >= 11 is 0. The minimum Gasteiger partial charge on any atom is -0.483 e. The van der Waals surface area contributed by atoms with Gasteiger partial charge in [-0.1, -0.05) is 0 Å². The van der Waals surface area contributed by atoms with Crippen LogP contribution in [0, 0.1) is 11.6 Å². The number of benzene rings is 2. The van der Waals surface area contributed by atoms with E-state index in [9.17, 15) is 13.6 Å². The molecule has 0 fully saturated rings. The second-order valence-electron chi connectivity index (χ2n) is 6.44. The summed E-state index contributed by atoms with van der Waals surface area (Å²) in [4.78, 5) is 15.6. The van der Waals surface area contributed by atoms with Gasteiger partial charge in [0.05, 0.1) is 0 Å². The lowest BCUT2D eigenvalue weighted by Crippen LogP contribution is -2.29. The number of hydrogen-bond donors (Lipinski definition) is 2. The molecule has 1 aliphatic rings. The van der Waals surface area contributed by atoms with E-state index in [2.05, 4.69) is 4.99 Å². The van der Waals surface area contributed by atoms with Crippen LogP contribution < -0.4 is 16.2 Å². The molecule has 1 amide bonds. The first-order valence-corrected chi connectivity index (χ1v) is 7.82. The molecule has 0 aliphatic carbocycles. The summed E-state index contributed by atoms with van der Waals surface area (Å²) in [6.45, 7) is 3.63. The van der Waals surface area contributed by atoms with Gasteiger partial charge < -0.3 is 16.2 Å². The number of aliphatic imine (C=N–C) groups is 1. The van der Waals surface area contributed by atoms with Crippen LogP contribution in [0.3, 0.4) is 0 Å². The highest BCUT2D eigenvalue weighted by molar-refractivity contribution is 6.03. The highest BCUT2D eigenvalue weighted by Crippen LogP contribution is 2.40. The van der Waals surface area contributed by atoms with Crippen LogP contribution in [0.5, 0.6) is 5.75 Å². The number of hydrogen-bond acceptors (Lipinski definition) is 2. The zero-order chi connectivity index (χ0) is 19.1. The maximum Gasteiger partial charge on any atom is 0.280 e. The Hall–Kier alpha value is -3.22. The molecule has 0 unspecified atom stereocenters. The quantitative estimate of drug-likeness (QED) is 0.639. The molecule has 0 bridgehead atoms. The molecular formula is C19H17F2N3O2. The van der Waals surface area contributed by atoms with E-state index >= 15 is 0 Å². The van der Waals surface area contributed by atoms with Gasteiger partial charge in [-0.2, -0.15) is 4.99 Å². The van der Waals surface area contributed by atoms with Crippen molar-refractivity contribution in [1.82, 2.24) is 0 Å². The standard InChI is InChI=1S/C19H17F2N3O2/c1-19(2)9-14(12-5-4-11(20)8-15(12)21)13-7-10(3-6-16(13)26-19)17(25)24-18(22)23/h3-9H,1-2H3,(H4,22,23,24,25). The molecule has 1 heterocycles. The van der Waals surface area contributed by atoms with Crippen LogP contribution in [0.25, 0.3) is 5.57 Å². The van der Waals surface area contributed by atoms with Crippen molar-refractivity contribution >= 4 is 17.4 Å². The van der Waals surface area contributed by atoms with Crippen LogP contribution in [0.2, 0.25) is 0 Å². The van der Waals surface area contributed by atoms with Gasteiger partial charge in [-0.25, -0.2) is 8.78 Å². The molecule has 134 valence electrons. The first-order chi connectivity index (χ1) is 12.2. The van der Waals surface area contributed by atoms with Gasteiger partial charge in [0, 0.05) is 22.8 Å². The number of fused-ring (bicyclic) bond motifs is 1. The molecule has 5 nitrogen and oxygen atoms in total. The number of carbonyl (C=O) groups excluding carboxylic acids is 1. The molecule has 0 radical (unpaired) electrons. The molecule has 0 saturated heterocycles. The molecule has 0 saturated carbocycles. The Morgan fingerprint density at radius 2 is 1.81 bits per heavy atom. The van der Waals surface area contributed by atoms with E-state index < -0.39 is 23.1 Å². The number of halogens is 2. The normalized spacial score (nSPS) is 14.7. The second-order valence-corrected chi connectivity index (χ2v) is 6.44. The van der Waals surface area contributed by atoms with Gasteiger partial charge in [-0.05, 0) is 55.8 Å². The van der Waals surface area contributed by atoms with Crippen LogP contribution in [0.1, 0.15) is 35.3 Å². The molecule has 3 rings (SSSR count). The third-order valence-corrected chi connectivity index (χ3v) is 3.83. The molecule has 0 spiro atoms. The average Bonchev–Trinajstić information content (AvgIpc) is 2.52. The van der Waals surface area contributed by atoms with Gasteiger partial charge in [0.25, 0.3) is 5.91 Å². The van der Waals surface area contributed by atoms with Crippen LogP contribution in [-0.4, -0.2) is 17.5 Å². The van der Waals surface area contributed by atoms with E-state index in [1.165, 1.54) is 24.3 Å². The minimum atomic E-state index is -0.714. The Morgan fingerprint density at radius 1 is 1.08 bits per heavy atom. The number of amides is 1. The van der Waals surface area contributed by atoms with Crippen molar-refractivity contribution in [2.24, 2.45) is 16.5 Å². The van der Waals surface area contributed by atoms with Gasteiger partial charge in [0.2, 0.25) is 0 Å². The summed E-state index contributed by atoms with van der Waals surface area (Å²) < 4.78 is 33.5. The average molecular weight is 357 g/mol. The molecule has 1 aliphatic heterocycles. The lowest BCUT2D eigenvalue weighted by Gasteiger charge is -2.31. The Bertz CT molecular complexity index is 961. The molecule has 4 N–H and O–H groups in total. The van der Waals surface area contributed by atoms with Crippen molar-refractivity contribution in [2.45, 2.75) is 19.4 Å². The van der Waals surface area contributed by atoms with Crippen LogP contribution >= 0.6 is 0 Å². The van der Waals surface area contributed by atoms with Gasteiger partial charge in [-0.15, -0.1) is 0 Å². The third-order valence-electron chi connectivity index (χ3n) is 3.83. The topological polar surface area (TPSA) is 90.7 Å². The van der Waals surface area contributed by atoms with E-state index in [-0.39, 0.29) is 17.1 Å². The van der Waals surface area contributed by atoms with Crippen molar-refractivity contribution in [3.05, 3.63) is 70.8 Å². The van der Waals surface area contributed by atoms with Crippen molar-refractivity contribution in [2.75, 3.05) is 0 Å². The summed E-state index contributed by atoms with van der Waals surface area (Å²) in [6, 6.07) is 7.98. The largest absolute Gasteiger partial charge is 0.483 e. The third kappa shape index (κ3) is 3.42. The molecule has 0 atom stereocenters. The fraction of sp³-hybridized carbons (Fsp3) is 0.158. The number of rotatable bonds is 2. The number of guanidine groups is 1. The first-order valence-electron chi connectivity index (χ1n) is 7.82. The monoisotopic (exact) mass is 357 g/mol. The smallest absolute Gasteiger partial charge is 0.280 e. The van der Waals surface area contributed by atoms with Gasteiger partial charge in [-0.3, -0.25) is 4.79 Å². The van der Waals surface area contributed by atoms with Crippen molar-refractivity contribution in [3.8, 4) is 5.75 Å². The zero-order valence-electron chi connectivity index (χ0n) is 14.2. The van der Waals surface area contributed by atoms with Crippen LogP contribution in [-0.2, 0) is 0 Å². The van der Waals surface area contributed by atoms with Crippen molar-refractivity contribution < 1.29 is 18.3 Å².